The van der Waals surface area contributed by atoms with Crippen molar-refractivity contribution < 1.29 is 28.0 Å². The van der Waals surface area contributed by atoms with Crippen LogP contribution >= 0.6 is 0 Å². The Labute approximate surface area is 159 Å². The van der Waals surface area contributed by atoms with E-state index in [1.54, 1.807) is 24.5 Å². The normalized spacial score (nSPS) is 10.5. The van der Waals surface area contributed by atoms with E-state index in [9.17, 15) is 14.0 Å². The lowest BCUT2D eigenvalue weighted by Crippen LogP contribution is -2.26. The van der Waals surface area contributed by atoms with E-state index in [1.807, 2.05) is 0 Å². The van der Waals surface area contributed by atoms with Crippen molar-refractivity contribution in [1.29, 1.82) is 0 Å². The summed E-state index contributed by atoms with van der Waals surface area (Å²) in [7, 11) is 1.44. The molecule has 3 aromatic rings. The molecular formula is C19H16FN3O5. The van der Waals surface area contributed by atoms with Gasteiger partial charge in [-0.1, -0.05) is 5.16 Å². The molecule has 0 radical (unpaired) electrons. The zero-order chi connectivity index (χ0) is 19.9. The zero-order valence-corrected chi connectivity index (χ0v) is 14.8. The SMILES string of the molecule is COCCOC(=O)C(=O)Nc1onc(-c2ccc(F)cc2)c1-c1ccncc1. The molecule has 1 N–H and O–H groups in total. The van der Waals surface area contributed by atoms with Crippen molar-refractivity contribution >= 4 is 17.8 Å². The van der Waals surface area contributed by atoms with Crippen LogP contribution in [0, 0.1) is 5.82 Å². The summed E-state index contributed by atoms with van der Waals surface area (Å²) in [5, 5.41) is 6.33. The van der Waals surface area contributed by atoms with Crippen LogP contribution in [0.1, 0.15) is 0 Å². The van der Waals surface area contributed by atoms with Gasteiger partial charge in [0.1, 0.15) is 18.1 Å². The molecule has 0 atom stereocenters. The van der Waals surface area contributed by atoms with Gasteiger partial charge in [-0.25, -0.2) is 9.18 Å². The van der Waals surface area contributed by atoms with Crippen molar-refractivity contribution in [1.82, 2.24) is 10.1 Å². The molecule has 0 fully saturated rings. The Balaban J connectivity index is 1.92. The number of methoxy groups -OCH3 is 1. The number of pyridine rings is 1. The molecule has 1 aromatic carbocycles. The molecule has 8 nitrogen and oxygen atoms in total. The monoisotopic (exact) mass is 385 g/mol. The molecule has 0 aliphatic carbocycles. The van der Waals surface area contributed by atoms with Gasteiger partial charge in [0.25, 0.3) is 0 Å². The number of anilines is 1. The molecule has 2 heterocycles. The highest BCUT2D eigenvalue weighted by Crippen LogP contribution is 2.37. The van der Waals surface area contributed by atoms with E-state index in [0.29, 0.717) is 22.4 Å². The van der Waals surface area contributed by atoms with Gasteiger partial charge >= 0.3 is 11.9 Å². The molecule has 28 heavy (non-hydrogen) atoms. The van der Waals surface area contributed by atoms with E-state index in [1.165, 1.54) is 31.4 Å². The molecule has 1 amide bonds. The second-order valence-electron chi connectivity index (χ2n) is 5.56. The molecule has 0 saturated heterocycles. The molecule has 0 unspecified atom stereocenters. The van der Waals surface area contributed by atoms with E-state index in [0.717, 1.165) is 0 Å². The Bertz CT molecular complexity index is 957. The highest BCUT2D eigenvalue weighted by Gasteiger charge is 2.24. The van der Waals surface area contributed by atoms with Gasteiger partial charge in [-0.2, -0.15) is 0 Å². The zero-order valence-electron chi connectivity index (χ0n) is 14.8. The van der Waals surface area contributed by atoms with E-state index >= 15 is 0 Å². The quantitative estimate of drug-likeness (QED) is 0.395. The maximum absolute atomic E-state index is 13.3. The fourth-order valence-corrected chi connectivity index (χ4v) is 2.40. The minimum atomic E-state index is -1.09. The highest BCUT2D eigenvalue weighted by molar-refractivity contribution is 6.37. The van der Waals surface area contributed by atoms with Crippen molar-refractivity contribution in [3.8, 4) is 22.4 Å². The maximum atomic E-state index is 13.3. The number of carbonyl (C=O) groups is 2. The van der Waals surface area contributed by atoms with Crippen LogP contribution in [0.4, 0.5) is 10.3 Å². The largest absolute Gasteiger partial charge is 0.456 e. The number of carbonyl (C=O) groups excluding carboxylic acids is 2. The molecule has 0 spiro atoms. The van der Waals surface area contributed by atoms with Crippen LogP contribution in [0.5, 0.6) is 0 Å². The third kappa shape index (κ3) is 4.38. The van der Waals surface area contributed by atoms with Crippen LogP contribution in [-0.4, -0.2) is 42.3 Å². The summed E-state index contributed by atoms with van der Waals surface area (Å²) in [4.78, 5) is 27.8. The van der Waals surface area contributed by atoms with Crippen LogP contribution < -0.4 is 5.32 Å². The average Bonchev–Trinajstić information content (AvgIpc) is 3.12. The van der Waals surface area contributed by atoms with E-state index in [4.69, 9.17) is 14.0 Å². The molecule has 0 bridgehead atoms. The van der Waals surface area contributed by atoms with Gasteiger partial charge in [0.2, 0.25) is 5.88 Å². The molecule has 9 heteroatoms. The Morgan fingerprint density at radius 3 is 2.46 bits per heavy atom. The number of aromatic nitrogens is 2. The van der Waals surface area contributed by atoms with Gasteiger partial charge in [-0.3, -0.25) is 15.1 Å². The molecule has 0 aliphatic rings. The molecular weight excluding hydrogens is 369 g/mol. The fourth-order valence-electron chi connectivity index (χ4n) is 2.40. The summed E-state index contributed by atoms with van der Waals surface area (Å²) in [6, 6.07) is 9.00. The van der Waals surface area contributed by atoms with Gasteiger partial charge in [0.05, 0.1) is 12.2 Å². The predicted molar refractivity (Wildman–Crippen MR) is 96.6 cm³/mol. The number of nitrogens with one attached hydrogen (secondary N) is 1. The first-order valence-corrected chi connectivity index (χ1v) is 8.23. The Morgan fingerprint density at radius 1 is 1.07 bits per heavy atom. The van der Waals surface area contributed by atoms with Gasteiger partial charge in [0, 0.05) is 25.1 Å². The second-order valence-corrected chi connectivity index (χ2v) is 5.56. The van der Waals surface area contributed by atoms with E-state index in [-0.39, 0.29) is 19.1 Å². The van der Waals surface area contributed by atoms with Gasteiger partial charge in [-0.05, 0) is 42.0 Å². The summed E-state index contributed by atoms with van der Waals surface area (Å²) in [5.74, 6) is -2.55. The molecule has 2 aromatic heterocycles. The number of esters is 1. The topological polar surface area (TPSA) is 104 Å². The first-order chi connectivity index (χ1) is 13.6. The summed E-state index contributed by atoms with van der Waals surface area (Å²) in [5.41, 5.74) is 2.00. The Morgan fingerprint density at radius 2 is 1.79 bits per heavy atom. The van der Waals surface area contributed by atoms with Crippen LogP contribution in [-0.2, 0) is 19.1 Å². The molecule has 3 rings (SSSR count). The lowest BCUT2D eigenvalue weighted by Gasteiger charge is -2.06. The van der Waals surface area contributed by atoms with Crippen LogP contribution in [0.3, 0.4) is 0 Å². The number of rotatable bonds is 6. The molecule has 0 aliphatic heterocycles. The maximum Gasteiger partial charge on any atom is 0.397 e. The lowest BCUT2D eigenvalue weighted by atomic mass is 10.0. The number of benzene rings is 1. The summed E-state index contributed by atoms with van der Waals surface area (Å²) >= 11 is 0. The van der Waals surface area contributed by atoms with Crippen molar-refractivity contribution in [3.05, 3.63) is 54.6 Å². The van der Waals surface area contributed by atoms with Crippen molar-refractivity contribution in [2.24, 2.45) is 0 Å². The summed E-state index contributed by atoms with van der Waals surface area (Å²) in [6.45, 7) is 0.107. The fraction of sp³-hybridized carbons (Fsp3) is 0.158. The summed E-state index contributed by atoms with van der Waals surface area (Å²) < 4.78 is 28.0. The first-order valence-electron chi connectivity index (χ1n) is 8.23. The van der Waals surface area contributed by atoms with Crippen molar-refractivity contribution in [2.45, 2.75) is 0 Å². The first kappa shape index (κ1) is 19.2. The predicted octanol–water partition coefficient (Wildman–Crippen LogP) is 2.67. The Hall–Kier alpha value is -3.59. The standard InChI is InChI=1S/C19H16FN3O5/c1-26-10-11-27-19(25)17(24)22-18-15(12-6-8-21-9-7-12)16(23-28-18)13-2-4-14(20)5-3-13/h2-9H,10-11H2,1H3,(H,22,24). The Kier molecular flexibility index (Phi) is 6.07. The third-order valence-electron chi connectivity index (χ3n) is 3.71. The lowest BCUT2D eigenvalue weighted by molar-refractivity contribution is -0.153. The van der Waals surface area contributed by atoms with Gasteiger partial charge in [-0.15, -0.1) is 0 Å². The average molecular weight is 385 g/mol. The summed E-state index contributed by atoms with van der Waals surface area (Å²) in [6.07, 6.45) is 3.11. The van der Waals surface area contributed by atoms with Crippen LogP contribution in [0.15, 0.2) is 53.3 Å². The number of hydrogen-bond acceptors (Lipinski definition) is 7. The van der Waals surface area contributed by atoms with Gasteiger partial charge in [0.15, 0.2) is 0 Å². The number of ether oxygens (including phenoxy) is 2. The van der Waals surface area contributed by atoms with Crippen LogP contribution in [0.25, 0.3) is 22.4 Å². The van der Waals surface area contributed by atoms with Crippen LogP contribution in [0.2, 0.25) is 0 Å². The van der Waals surface area contributed by atoms with Gasteiger partial charge < -0.3 is 14.0 Å². The second kappa shape index (κ2) is 8.87. The van der Waals surface area contributed by atoms with Crippen molar-refractivity contribution in [2.75, 3.05) is 25.6 Å². The molecule has 144 valence electrons. The highest BCUT2D eigenvalue weighted by atomic mass is 19.1. The number of nitrogens with zero attached hydrogens (tertiary/aromatic N) is 2. The number of amides is 1. The third-order valence-corrected chi connectivity index (χ3v) is 3.71. The number of halogens is 1. The molecule has 0 saturated carbocycles. The number of hydrogen-bond donors (Lipinski definition) is 1. The van der Waals surface area contributed by atoms with E-state index < -0.39 is 17.7 Å². The minimum absolute atomic E-state index is 0.0424. The van der Waals surface area contributed by atoms with Crippen molar-refractivity contribution in [3.63, 3.8) is 0 Å². The van der Waals surface area contributed by atoms with E-state index in [2.05, 4.69) is 15.5 Å². The minimum Gasteiger partial charge on any atom is -0.456 e. The smallest absolute Gasteiger partial charge is 0.397 e.